The van der Waals surface area contributed by atoms with E-state index in [2.05, 4.69) is 4.74 Å². The monoisotopic (exact) mass is 329 g/mol. The first kappa shape index (κ1) is 17.1. The molecule has 1 fully saturated rings. The quantitative estimate of drug-likeness (QED) is 0.857. The second-order valence-corrected chi connectivity index (χ2v) is 5.09. The fourth-order valence-corrected chi connectivity index (χ4v) is 2.40. The molecule has 1 aliphatic rings. The summed E-state index contributed by atoms with van der Waals surface area (Å²) in [6.07, 6.45) is -0.838. The highest BCUT2D eigenvalue weighted by atomic mass is 19.3. The van der Waals surface area contributed by atoms with Gasteiger partial charge in [-0.25, -0.2) is 0 Å². The molecule has 2 rings (SSSR count). The van der Waals surface area contributed by atoms with Crippen molar-refractivity contribution in [1.29, 1.82) is 0 Å². The lowest BCUT2D eigenvalue weighted by Crippen LogP contribution is -2.46. The molecule has 6 nitrogen and oxygen atoms in total. The Morgan fingerprint density at radius 3 is 2.83 bits per heavy atom. The topological polar surface area (TPSA) is 76.1 Å². The summed E-state index contributed by atoms with van der Waals surface area (Å²) in [5, 5.41) is 8.78. The van der Waals surface area contributed by atoms with Crippen LogP contribution >= 0.6 is 0 Å². The van der Waals surface area contributed by atoms with E-state index in [4.69, 9.17) is 9.84 Å². The third kappa shape index (κ3) is 5.17. The highest BCUT2D eigenvalue weighted by molar-refractivity contribution is 5.79. The molecule has 0 bridgehead atoms. The van der Waals surface area contributed by atoms with Gasteiger partial charge in [-0.05, 0) is 6.07 Å². The Balaban J connectivity index is 2.00. The van der Waals surface area contributed by atoms with Crippen LogP contribution in [0.2, 0.25) is 0 Å². The lowest BCUT2D eigenvalue weighted by atomic mass is 10.1. The third-order valence-corrected chi connectivity index (χ3v) is 3.42. The molecule has 1 saturated heterocycles. The van der Waals surface area contributed by atoms with Crippen LogP contribution in [0.4, 0.5) is 8.78 Å². The van der Waals surface area contributed by atoms with Crippen molar-refractivity contribution in [3.05, 3.63) is 29.8 Å². The number of morpholine rings is 1. The molecule has 1 N–H and O–H groups in total. The molecule has 23 heavy (non-hydrogen) atoms. The van der Waals surface area contributed by atoms with E-state index in [1.807, 2.05) is 0 Å². The van der Waals surface area contributed by atoms with Crippen molar-refractivity contribution in [1.82, 2.24) is 4.90 Å². The van der Waals surface area contributed by atoms with Gasteiger partial charge in [0, 0.05) is 18.7 Å². The lowest BCUT2D eigenvalue weighted by molar-refractivity contribution is -0.147. The molecule has 8 heteroatoms. The van der Waals surface area contributed by atoms with Crippen LogP contribution in [0.1, 0.15) is 12.0 Å². The molecule has 126 valence electrons. The number of ether oxygens (including phenoxy) is 2. The fourth-order valence-electron chi connectivity index (χ4n) is 2.40. The standard InChI is InChI=1S/C15H17F2NO5/c16-15(17)23-12-4-2-1-3-10(12)7-13(19)18-5-6-22-11(9-18)8-14(20)21/h1-4,11,15H,5-9H2,(H,20,21). The summed E-state index contributed by atoms with van der Waals surface area (Å²) in [6, 6.07) is 6.10. The first-order valence-electron chi connectivity index (χ1n) is 7.09. The molecule has 1 atom stereocenters. The Morgan fingerprint density at radius 2 is 2.13 bits per heavy atom. The third-order valence-electron chi connectivity index (χ3n) is 3.42. The van der Waals surface area contributed by atoms with E-state index in [0.29, 0.717) is 12.1 Å². The first-order valence-corrected chi connectivity index (χ1v) is 7.09. The van der Waals surface area contributed by atoms with Crippen molar-refractivity contribution in [2.45, 2.75) is 25.6 Å². The molecule has 0 spiro atoms. The van der Waals surface area contributed by atoms with Gasteiger partial charge in [-0.1, -0.05) is 18.2 Å². The van der Waals surface area contributed by atoms with Gasteiger partial charge in [0.05, 0.1) is 25.6 Å². The molecule has 0 radical (unpaired) electrons. The van der Waals surface area contributed by atoms with Crippen LogP contribution in [0, 0.1) is 0 Å². The van der Waals surface area contributed by atoms with Crippen LogP contribution in [0.25, 0.3) is 0 Å². The lowest BCUT2D eigenvalue weighted by Gasteiger charge is -2.32. The zero-order valence-electron chi connectivity index (χ0n) is 12.3. The number of carboxylic acid groups (broad SMARTS) is 1. The molecule has 1 aromatic carbocycles. The Kier molecular flexibility index (Phi) is 5.86. The second-order valence-electron chi connectivity index (χ2n) is 5.09. The van der Waals surface area contributed by atoms with Gasteiger partial charge < -0.3 is 19.5 Å². The van der Waals surface area contributed by atoms with Gasteiger partial charge >= 0.3 is 12.6 Å². The largest absolute Gasteiger partial charge is 0.481 e. The Hall–Kier alpha value is -2.22. The number of aliphatic carboxylic acids is 1. The van der Waals surface area contributed by atoms with E-state index in [9.17, 15) is 18.4 Å². The summed E-state index contributed by atoms with van der Waals surface area (Å²) in [5.41, 5.74) is 0.360. The minimum absolute atomic E-state index is 0.0359. The second kappa shape index (κ2) is 7.87. The van der Waals surface area contributed by atoms with Crippen molar-refractivity contribution in [3.8, 4) is 5.75 Å². The van der Waals surface area contributed by atoms with E-state index in [1.165, 1.54) is 11.0 Å². The Labute approximate surface area is 131 Å². The molecule has 1 amide bonds. The summed E-state index contributed by atoms with van der Waals surface area (Å²) in [7, 11) is 0. The predicted molar refractivity (Wildman–Crippen MR) is 75.4 cm³/mol. The summed E-state index contributed by atoms with van der Waals surface area (Å²) in [5.74, 6) is -1.32. The van der Waals surface area contributed by atoms with Crippen LogP contribution in [0.15, 0.2) is 24.3 Å². The first-order chi connectivity index (χ1) is 11.0. The number of carbonyl (C=O) groups is 2. The van der Waals surface area contributed by atoms with Crippen molar-refractivity contribution in [3.63, 3.8) is 0 Å². The predicted octanol–water partition coefficient (Wildman–Crippen LogP) is 1.53. The number of amides is 1. The minimum Gasteiger partial charge on any atom is -0.481 e. The Bertz CT molecular complexity index is 567. The van der Waals surface area contributed by atoms with E-state index in [-0.39, 0.29) is 37.6 Å². The van der Waals surface area contributed by atoms with Gasteiger partial charge in [-0.2, -0.15) is 8.78 Å². The van der Waals surface area contributed by atoms with Gasteiger partial charge in [-0.3, -0.25) is 9.59 Å². The zero-order valence-corrected chi connectivity index (χ0v) is 12.3. The SMILES string of the molecule is O=C(O)CC1CN(C(=O)Cc2ccccc2OC(F)F)CCO1. The van der Waals surface area contributed by atoms with Crippen LogP contribution in [0.5, 0.6) is 5.75 Å². The number of hydrogen-bond donors (Lipinski definition) is 1. The maximum absolute atomic E-state index is 12.4. The Morgan fingerprint density at radius 1 is 1.39 bits per heavy atom. The smallest absolute Gasteiger partial charge is 0.387 e. The summed E-state index contributed by atoms with van der Waals surface area (Å²) in [4.78, 5) is 24.5. The number of hydrogen-bond acceptors (Lipinski definition) is 4. The zero-order chi connectivity index (χ0) is 16.8. The van der Waals surface area contributed by atoms with Crippen molar-refractivity contribution >= 4 is 11.9 Å². The highest BCUT2D eigenvalue weighted by Crippen LogP contribution is 2.22. The number of benzene rings is 1. The molecule has 1 aromatic rings. The van der Waals surface area contributed by atoms with Gasteiger partial charge in [-0.15, -0.1) is 0 Å². The summed E-state index contributed by atoms with van der Waals surface area (Å²) < 4.78 is 34.4. The molecule has 0 aliphatic carbocycles. The fraction of sp³-hybridized carbons (Fsp3) is 0.467. The van der Waals surface area contributed by atoms with Gasteiger partial charge in [0.1, 0.15) is 5.75 Å². The average Bonchev–Trinajstić information content (AvgIpc) is 2.48. The van der Waals surface area contributed by atoms with Gasteiger partial charge in [0.2, 0.25) is 5.91 Å². The molecule has 0 saturated carbocycles. The molecular formula is C15H17F2NO5. The summed E-state index contributed by atoms with van der Waals surface area (Å²) >= 11 is 0. The summed E-state index contributed by atoms with van der Waals surface area (Å²) in [6.45, 7) is -2.20. The van der Waals surface area contributed by atoms with E-state index in [0.717, 1.165) is 0 Å². The van der Waals surface area contributed by atoms with Crippen molar-refractivity contribution < 1.29 is 33.0 Å². The van der Waals surface area contributed by atoms with E-state index < -0.39 is 18.7 Å². The number of nitrogens with zero attached hydrogens (tertiary/aromatic N) is 1. The van der Waals surface area contributed by atoms with Crippen LogP contribution in [0.3, 0.4) is 0 Å². The maximum atomic E-state index is 12.4. The molecular weight excluding hydrogens is 312 g/mol. The molecule has 1 aliphatic heterocycles. The number of carbonyl (C=O) groups excluding carboxylic acids is 1. The highest BCUT2D eigenvalue weighted by Gasteiger charge is 2.26. The molecule has 1 heterocycles. The van der Waals surface area contributed by atoms with Gasteiger partial charge in [0.15, 0.2) is 0 Å². The number of halogens is 2. The van der Waals surface area contributed by atoms with Crippen molar-refractivity contribution in [2.75, 3.05) is 19.7 Å². The number of carboxylic acids is 1. The average molecular weight is 329 g/mol. The van der Waals surface area contributed by atoms with E-state index in [1.54, 1.807) is 18.2 Å². The van der Waals surface area contributed by atoms with Crippen LogP contribution in [-0.4, -0.2) is 54.3 Å². The van der Waals surface area contributed by atoms with Gasteiger partial charge in [0.25, 0.3) is 0 Å². The van der Waals surface area contributed by atoms with E-state index >= 15 is 0 Å². The van der Waals surface area contributed by atoms with Crippen LogP contribution in [-0.2, 0) is 20.7 Å². The normalized spacial score (nSPS) is 18.0. The van der Waals surface area contributed by atoms with Crippen molar-refractivity contribution in [2.24, 2.45) is 0 Å². The maximum Gasteiger partial charge on any atom is 0.387 e. The minimum atomic E-state index is -2.96. The van der Waals surface area contributed by atoms with Crippen LogP contribution < -0.4 is 4.74 Å². The number of para-hydroxylation sites is 1. The number of rotatable bonds is 6. The number of alkyl halides is 2. The molecule has 0 aromatic heterocycles. The molecule has 1 unspecified atom stereocenters.